The van der Waals surface area contributed by atoms with Gasteiger partial charge in [0.1, 0.15) is 0 Å². The molecule has 0 unspecified atom stereocenters. The van der Waals surface area contributed by atoms with E-state index in [0.29, 0.717) is 6.10 Å². The van der Waals surface area contributed by atoms with Crippen LogP contribution in [0.1, 0.15) is 97.3 Å². The topological polar surface area (TPSA) is 9.23 Å². The minimum Gasteiger partial charge on any atom is -0.378 e. The maximum atomic E-state index is 6.09. The van der Waals surface area contributed by atoms with Crippen LogP contribution in [-0.4, -0.2) is 12.7 Å². The van der Waals surface area contributed by atoms with Gasteiger partial charge >= 0.3 is 0 Å². The molecule has 0 aliphatic heterocycles. The predicted molar refractivity (Wildman–Crippen MR) is 101 cm³/mol. The number of hydrogen-bond donors (Lipinski definition) is 0. The Morgan fingerprint density at radius 1 is 0.870 bits per heavy atom. The van der Waals surface area contributed by atoms with Crippen molar-refractivity contribution in [2.24, 2.45) is 17.8 Å². The molecule has 0 amide bonds. The minimum atomic E-state index is 0.584. The molecule has 0 aromatic rings. The standard InChI is InChI=1S/C22H40O/c1-3-5-7-9-19-10-12-20(13-11-19)21-14-16-22(17-15-21)23-18-8-6-4-2/h3,5,19-22H,4,6-18H2,1-2H3/b5-3+/t19-,20-,21-,22-. The van der Waals surface area contributed by atoms with Crippen LogP contribution >= 0.6 is 0 Å². The summed E-state index contributed by atoms with van der Waals surface area (Å²) in [6.07, 6.45) is 23.3. The molecule has 0 spiro atoms. The van der Waals surface area contributed by atoms with Crippen LogP contribution in [0, 0.1) is 17.8 Å². The van der Waals surface area contributed by atoms with E-state index in [9.17, 15) is 0 Å². The average molecular weight is 321 g/mol. The molecule has 23 heavy (non-hydrogen) atoms. The Kier molecular flexibility index (Phi) is 9.34. The number of allylic oxidation sites excluding steroid dienone is 2. The highest BCUT2D eigenvalue weighted by atomic mass is 16.5. The molecule has 0 heterocycles. The molecule has 0 N–H and O–H groups in total. The lowest BCUT2D eigenvalue weighted by molar-refractivity contribution is 0.00543. The summed E-state index contributed by atoms with van der Waals surface area (Å²) < 4.78 is 6.09. The van der Waals surface area contributed by atoms with Crippen molar-refractivity contribution in [2.45, 2.75) is 103 Å². The van der Waals surface area contributed by atoms with Crippen molar-refractivity contribution < 1.29 is 4.74 Å². The van der Waals surface area contributed by atoms with Crippen LogP contribution in [-0.2, 0) is 4.74 Å². The molecule has 1 heteroatoms. The van der Waals surface area contributed by atoms with Gasteiger partial charge in [-0.05, 0) is 82.5 Å². The van der Waals surface area contributed by atoms with Gasteiger partial charge in [0.2, 0.25) is 0 Å². The van der Waals surface area contributed by atoms with Crippen LogP contribution in [0.5, 0.6) is 0 Å². The van der Waals surface area contributed by atoms with Crippen LogP contribution in [0.15, 0.2) is 12.2 Å². The Hall–Kier alpha value is -0.300. The van der Waals surface area contributed by atoms with Gasteiger partial charge in [0.15, 0.2) is 0 Å². The Bertz CT molecular complexity index is 306. The van der Waals surface area contributed by atoms with Gasteiger partial charge in [-0.3, -0.25) is 0 Å². The second-order valence-corrected chi connectivity index (χ2v) is 8.04. The molecule has 0 radical (unpaired) electrons. The molecule has 1 nitrogen and oxygen atoms in total. The molecule has 0 aromatic heterocycles. The molecule has 0 atom stereocenters. The molecule has 0 saturated heterocycles. The van der Waals surface area contributed by atoms with Crippen LogP contribution in [0.2, 0.25) is 0 Å². The van der Waals surface area contributed by atoms with E-state index in [1.54, 1.807) is 0 Å². The second kappa shape index (κ2) is 11.3. The van der Waals surface area contributed by atoms with Gasteiger partial charge in [0.25, 0.3) is 0 Å². The fourth-order valence-electron chi connectivity index (χ4n) is 4.78. The monoisotopic (exact) mass is 320 g/mol. The summed E-state index contributed by atoms with van der Waals surface area (Å²) in [7, 11) is 0. The fourth-order valence-corrected chi connectivity index (χ4v) is 4.78. The van der Waals surface area contributed by atoms with Crippen LogP contribution < -0.4 is 0 Å². The minimum absolute atomic E-state index is 0.584. The third-order valence-electron chi connectivity index (χ3n) is 6.36. The predicted octanol–water partition coefficient (Wildman–Crippen LogP) is 6.91. The van der Waals surface area contributed by atoms with Crippen molar-refractivity contribution in [2.75, 3.05) is 6.61 Å². The van der Waals surface area contributed by atoms with Gasteiger partial charge in [0.05, 0.1) is 6.10 Å². The first kappa shape index (κ1) is 19.0. The highest BCUT2D eigenvalue weighted by molar-refractivity contribution is 4.84. The first-order valence-corrected chi connectivity index (χ1v) is 10.6. The van der Waals surface area contributed by atoms with Crippen molar-refractivity contribution >= 4 is 0 Å². The zero-order chi connectivity index (χ0) is 16.3. The lowest BCUT2D eigenvalue weighted by Crippen LogP contribution is -2.28. The number of unbranched alkanes of at least 4 members (excludes halogenated alkanes) is 2. The third kappa shape index (κ3) is 6.99. The Morgan fingerprint density at radius 2 is 1.52 bits per heavy atom. The van der Waals surface area contributed by atoms with Gasteiger partial charge in [-0.1, -0.05) is 44.8 Å². The Morgan fingerprint density at radius 3 is 2.13 bits per heavy atom. The van der Waals surface area contributed by atoms with Gasteiger partial charge < -0.3 is 4.74 Å². The summed E-state index contributed by atoms with van der Waals surface area (Å²) in [6, 6.07) is 0. The summed E-state index contributed by atoms with van der Waals surface area (Å²) in [6.45, 7) is 5.40. The Labute approximate surface area is 145 Å². The SMILES string of the molecule is C/C=C/CC[C@H]1CC[C@H]([C@H]2CC[C@H](OCCCCC)CC2)CC1. The number of hydrogen-bond acceptors (Lipinski definition) is 1. The van der Waals surface area contributed by atoms with E-state index in [0.717, 1.165) is 24.4 Å². The van der Waals surface area contributed by atoms with E-state index in [-0.39, 0.29) is 0 Å². The summed E-state index contributed by atoms with van der Waals surface area (Å²) in [5, 5.41) is 0. The van der Waals surface area contributed by atoms with Crippen molar-refractivity contribution in [1.82, 2.24) is 0 Å². The quantitative estimate of drug-likeness (QED) is 0.331. The molecule has 2 rings (SSSR count). The van der Waals surface area contributed by atoms with E-state index in [1.807, 2.05) is 0 Å². The molecular formula is C22H40O. The summed E-state index contributed by atoms with van der Waals surface area (Å²) in [4.78, 5) is 0. The van der Waals surface area contributed by atoms with E-state index in [1.165, 1.54) is 83.5 Å². The lowest BCUT2D eigenvalue weighted by Gasteiger charge is -2.37. The van der Waals surface area contributed by atoms with Crippen molar-refractivity contribution in [1.29, 1.82) is 0 Å². The molecule has 2 aliphatic rings. The van der Waals surface area contributed by atoms with E-state index >= 15 is 0 Å². The van der Waals surface area contributed by atoms with Crippen LogP contribution in [0.4, 0.5) is 0 Å². The molecule has 134 valence electrons. The normalized spacial score (nSPS) is 32.4. The summed E-state index contributed by atoms with van der Waals surface area (Å²) >= 11 is 0. The molecule has 2 aliphatic carbocycles. The van der Waals surface area contributed by atoms with Crippen molar-refractivity contribution in [3.63, 3.8) is 0 Å². The second-order valence-electron chi connectivity index (χ2n) is 8.04. The van der Waals surface area contributed by atoms with Gasteiger partial charge in [-0.2, -0.15) is 0 Å². The maximum Gasteiger partial charge on any atom is 0.0575 e. The highest BCUT2D eigenvalue weighted by Gasteiger charge is 2.30. The van der Waals surface area contributed by atoms with E-state index in [2.05, 4.69) is 26.0 Å². The third-order valence-corrected chi connectivity index (χ3v) is 6.36. The lowest BCUT2D eigenvalue weighted by atomic mass is 9.70. The molecular weight excluding hydrogens is 280 g/mol. The molecule has 0 bridgehead atoms. The van der Waals surface area contributed by atoms with Gasteiger partial charge in [-0.15, -0.1) is 0 Å². The van der Waals surface area contributed by atoms with E-state index < -0.39 is 0 Å². The smallest absolute Gasteiger partial charge is 0.0575 e. The fraction of sp³-hybridized carbons (Fsp3) is 0.909. The zero-order valence-electron chi connectivity index (χ0n) is 15.8. The van der Waals surface area contributed by atoms with Crippen molar-refractivity contribution in [3.8, 4) is 0 Å². The highest BCUT2D eigenvalue weighted by Crippen LogP contribution is 2.41. The van der Waals surface area contributed by atoms with E-state index in [4.69, 9.17) is 4.74 Å². The summed E-state index contributed by atoms with van der Waals surface area (Å²) in [5.74, 6) is 3.07. The molecule has 0 aromatic carbocycles. The molecule has 2 fully saturated rings. The van der Waals surface area contributed by atoms with Crippen LogP contribution in [0.25, 0.3) is 0 Å². The zero-order valence-corrected chi connectivity index (χ0v) is 15.8. The summed E-state index contributed by atoms with van der Waals surface area (Å²) in [5.41, 5.74) is 0. The first-order valence-electron chi connectivity index (χ1n) is 10.6. The van der Waals surface area contributed by atoms with Crippen molar-refractivity contribution in [3.05, 3.63) is 12.2 Å². The Balaban J connectivity index is 1.57. The van der Waals surface area contributed by atoms with Gasteiger partial charge in [-0.25, -0.2) is 0 Å². The molecule has 2 saturated carbocycles. The number of ether oxygens (including phenoxy) is 1. The van der Waals surface area contributed by atoms with Crippen LogP contribution in [0.3, 0.4) is 0 Å². The average Bonchev–Trinajstić information content (AvgIpc) is 2.60. The number of rotatable bonds is 9. The van der Waals surface area contributed by atoms with Gasteiger partial charge in [0, 0.05) is 6.61 Å². The largest absolute Gasteiger partial charge is 0.378 e. The first-order chi connectivity index (χ1) is 11.3. The maximum absolute atomic E-state index is 6.09.